The molecule has 170 valence electrons. The Kier molecular flexibility index (Phi) is 5.20. The van der Waals surface area contributed by atoms with Gasteiger partial charge in [0, 0.05) is 30.1 Å². The lowest BCUT2D eigenvalue weighted by Crippen LogP contribution is -2.11. The lowest BCUT2D eigenvalue weighted by atomic mass is 9.83. The number of nitrogens with zero attached hydrogens (tertiary/aromatic N) is 4. The van der Waals surface area contributed by atoms with Crippen LogP contribution in [0.3, 0.4) is 0 Å². The maximum Gasteiger partial charge on any atom is 0.144 e. The van der Waals surface area contributed by atoms with Gasteiger partial charge in [-0.05, 0) is 59.9 Å². The predicted octanol–water partition coefficient (Wildman–Crippen LogP) is 6.68. The molecule has 0 saturated carbocycles. The molecule has 5 nitrogen and oxygen atoms in total. The maximum atomic E-state index is 10.5. The zero-order valence-electron chi connectivity index (χ0n) is 20.2. The molecule has 34 heavy (non-hydrogen) atoms. The lowest BCUT2D eigenvalue weighted by Gasteiger charge is -2.21. The van der Waals surface area contributed by atoms with Gasteiger partial charge in [0.25, 0.3) is 0 Å². The van der Waals surface area contributed by atoms with Gasteiger partial charge in [0.05, 0.1) is 28.5 Å². The Bertz CT molecular complexity index is 1510. The van der Waals surface area contributed by atoms with Crippen LogP contribution >= 0.6 is 0 Å². The van der Waals surface area contributed by atoms with E-state index >= 15 is 0 Å². The highest BCUT2D eigenvalue weighted by Crippen LogP contribution is 2.37. The molecule has 0 bridgehead atoms. The number of imidazole rings is 1. The van der Waals surface area contributed by atoms with Crippen molar-refractivity contribution in [3.05, 3.63) is 84.3 Å². The summed E-state index contributed by atoms with van der Waals surface area (Å²) in [7, 11) is 1.98. The molecule has 0 aliphatic heterocycles. The number of fused-ring (bicyclic) bond motifs is 1. The van der Waals surface area contributed by atoms with Gasteiger partial charge in [-0.3, -0.25) is 9.97 Å². The molecule has 0 fully saturated rings. The summed E-state index contributed by atoms with van der Waals surface area (Å²) < 4.78 is 2.03. The summed E-state index contributed by atoms with van der Waals surface area (Å²) in [5, 5.41) is 10.5. The molecule has 0 aliphatic carbocycles. The molecule has 0 aliphatic rings. The highest BCUT2D eigenvalue weighted by Gasteiger charge is 2.20. The Morgan fingerprint density at radius 2 is 1.65 bits per heavy atom. The smallest absolute Gasteiger partial charge is 0.144 e. The van der Waals surface area contributed by atoms with Crippen LogP contribution in [0.5, 0.6) is 5.75 Å². The van der Waals surface area contributed by atoms with Crippen LogP contribution in [0.15, 0.2) is 73.1 Å². The maximum absolute atomic E-state index is 10.5. The van der Waals surface area contributed by atoms with E-state index in [-0.39, 0.29) is 11.2 Å². The molecule has 5 heteroatoms. The molecule has 0 saturated heterocycles. The van der Waals surface area contributed by atoms with Gasteiger partial charge in [0.2, 0.25) is 0 Å². The average molecular weight is 449 g/mol. The van der Waals surface area contributed by atoms with Crippen molar-refractivity contribution in [2.45, 2.75) is 33.1 Å². The first-order valence-electron chi connectivity index (χ1n) is 11.4. The van der Waals surface area contributed by atoms with Gasteiger partial charge in [-0.25, -0.2) is 4.98 Å². The molecule has 5 aromatic rings. The predicted molar refractivity (Wildman–Crippen MR) is 138 cm³/mol. The second-order valence-electron chi connectivity index (χ2n) is 9.77. The first-order valence-corrected chi connectivity index (χ1v) is 11.4. The topological polar surface area (TPSA) is 63.8 Å². The summed E-state index contributed by atoms with van der Waals surface area (Å²) in [6, 6.07) is 20.8. The molecular formula is C29H28N4O. The Morgan fingerprint density at radius 1 is 0.853 bits per heavy atom. The van der Waals surface area contributed by atoms with E-state index in [0.29, 0.717) is 11.4 Å². The Hall–Kier alpha value is -3.99. The number of aromatic hydroxyl groups is 1. The SMILES string of the molecule is Cc1cc(-c2nc3c(-c4cc(-c5ccccn5)cc(C(C)(C)C)c4)cccc3n2C)c(O)cn1. The number of pyridine rings is 2. The van der Waals surface area contributed by atoms with Gasteiger partial charge in [0.1, 0.15) is 11.6 Å². The average Bonchev–Trinajstić information content (AvgIpc) is 3.17. The van der Waals surface area contributed by atoms with Crippen LogP contribution in [0.25, 0.3) is 44.8 Å². The quantitative estimate of drug-likeness (QED) is 0.334. The normalized spacial score (nSPS) is 11.8. The van der Waals surface area contributed by atoms with E-state index in [0.717, 1.165) is 39.1 Å². The third-order valence-electron chi connectivity index (χ3n) is 6.24. The van der Waals surface area contributed by atoms with Crippen LogP contribution in [0.1, 0.15) is 32.0 Å². The van der Waals surface area contributed by atoms with Crippen molar-refractivity contribution in [1.29, 1.82) is 0 Å². The fourth-order valence-electron chi connectivity index (χ4n) is 4.32. The second-order valence-corrected chi connectivity index (χ2v) is 9.77. The minimum atomic E-state index is -0.0247. The minimum absolute atomic E-state index is 0.0247. The summed E-state index contributed by atoms with van der Waals surface area (Å²) in [4.78, 5) is 13.8. The zero-order chi connectivity index (χ0) is 24.0. The molecule has 0 unspecified atom stereocenters. The van der Waals surface area contributed by atoms with E-state index in [9.17, 15) is 5.11 Å². The van der Waals surface area contributed by atoms with Crippen molar-refractivity contribution in [2.75, 3.05) is 0 Å². The Morgan fingerprint density at radius 3 is 2.38 bits per heavy atom. The number of aryl methyl sites for hydroxylation is 2. The summed E-state index contributed by atoms with van der Waals surface area (Å²) in [6.45, 7) is 8.58. The lowest BCUT2D eigenvalue weighted by molar-refractivity contribution is 0.473. The fraction of sp³-hybridized carbons (Fsp3) is 0.207. The van der Waals surface area contributed by atoms with Crippen molar-refractivity contribution in [1.82, 2.24) is 19.5 Å². The number of hydrogen-bond acceptors (Lipinski definition) is 4. The van der Waals surface area contributed by atoms with Gasteiger partial charge in [-0.1, -0.05) is 45.0 Å². The number of para-hydroxylation sites is 1. The highest BCUT2D eigenvalue weighted by atomic mass is 16.3. The van der Waals surface area contributed by atoms with Gasteiger partial charge in [-0.2, -0.15) is 0 Å². The molecule has 0 atom stereocenters. The van der Waals surface area contributed by atoms with Crippen LogP contribution in [0, 0.1) is 6.92 Å². The van der Waals surface area contributed by atoms with Crippen molar-refractivity contribution < 1.29 is 5.11 Å². The van der Waals surface area contributed by atoms with Gasteiger partial charge in [0.15, 0.2) is 0 Å². The molecule has 2 aromatic carbocycles. The standard InChI is InChI=1S/C29H28N4O/c1-18-13-23(26(34)17-31-18)28-32-27-22(9-8-11-25(27)33(28)5)19-14-20(24-10-6-7-12-30-24)16-21(15-19)29(2,3)4/h6-17,34H,1-5H3. The molecule has 0 amide bonds. The molecule has 0 radical (unpaired) electrons. The van der Waals surface area contributed by atoms with Crippen LogP contribution in [0.4, 0.5) is 0 Å². The van der Waals surface area contributed by atoms with E-state index in [4.69, 9.17) is 4.98 Å². The summed E-state index contributed by atoms with van der Waals surface area (Å²) in [6.07, 6.45) is 3.31. The second kappa shape index (κ2) is 8.10. The number of rotatable bonds is 3. The van der Waals surface area contributed by atoms with E-state index in [1.807, 2.05) is 49.0 Å². The van der Waals surface area contributed by atoms with E-state index in [1.54, 1.807) is 0 Å². The largest absolute Gasteiger partial charge is 0.506 e. The monoisotopic (exact) mass is 448 g/mol. The highest BCUT2D eigenvalue weighted by molar-refractivity contribution is 5.95. The first kappa shape index (κ1) is 21.8. The van der Waals surface area contributed by atoms with Gasteiger partial charge in [-0.15, -0.1) is 0 Å². The van der Waals surface area contributed by atoms with Crippen molar-refractivity contribution >= 4 is 11.0 Å². The first-order chi connectivity index (χ1) is 16.2. The molecule has 5 rings (SSSR count). The zero-order valence-corrected chi connectivity index (χ0v) is 20.2. The number of hydrogen-bond donors (Lipinski definition) is 1. The minimum Gasteiger partial charge on any atom is -0.506 e. The fourth-order valence-corrected chi connectivity index (χ4v) is 4.32. The molecule has 1 N–H and O–H groups in total. The molecule has 0 spiro atoms. The summed E-state index contributed by atoms with van der Waals surface area (Å²) in [5.41, 5.74) is 8.79. The third kappa shape index (κ3) is 3.83. The van der Waals surface area contributed by atoms with Crippen LogP contribution in [0.2, 0.25) is 0 Å². The van der Waals surface area contributed by atoms with E-state index in [2.05, 4.69) is 67.1 Å². The number of benzene rings is 2. The third-order valence-corrected chi connectivity index (χ3v) is 6.24. The molecule has 3 aromatic heterocycles. The summed E-state index contributed by atoms with van der Waals surface area (Å²) >= 11 is 0. The van der Waals surface area contributed by atoms with Crippen LogP contribution in [-0.4, -0.2) is 24.6 Å². The van der Waals surface area contributed by atoms with Crippen molar-refractivity contribution in [2.24, 2.45) is 7.05 Å². The van der Waals surface area contributed by atoms with Crippen LogP contribution < -0.4 is 0 Å². The van der Waals surface area contributed by atoms with Crippen LogP contribution in [-0.2, 0) is 12.5 Å². The molecule has 3 heterocycles. The Labute approximate surface area is 199 Å². The van der Waals surface area contributed by atoms with Gasteiger partial charge >= 0.3 is 0 Å². The van der Waals surface area contributed by atoms with Crippen molar-refractivity contribution in [3.8, 4) is 39.5 Å². The number of aromatic nitrogens is 4. The van der Waals surface area contributed by atoms with Crippen molar-refractivity contribution in [3.63, 3.8) is 0 Å². The summed E-state index contributed by atoms with van der Waals surface area (Å²) in [5.74, 6) is 0.833. The van der Waals surface area contributed by atoms with E-state index < -0.39 is 0 Å². The molecular weight excluding hydrogens is 420 g/mol. The van der Waals surface area contributed by atoms with Gasteiger partial charge < -0.3 is 9.67 Å². The van der Waals surface area contributed by atoms with E-state index in [1.165, 1.54) is 11.8 Å². The Balaban J connectivity index is 1.76.